The van der Waals surface area contributed by atoms with E-state index in [0.29, 0.717) is 6.10 Å². The Kier molecular flexibility index (Phi) is 4.71. The summed E-state index contributed by atoms with van der Waals surface area (Å²) in [6, 6.07) is 9.71. The highest BCUT2D eigenvalue weighted by atomic mass is 16.5. The summed E-state index contributed by atoms with van der Waals surface area (Å²) >= 11 is 0. The maximum Gasteiger partial charge on any atom is 0.0674 e. The SMILES string of the molecule is CC1CN(Cc2ccccc2CCNC2CC2)CCO1. The van der Waals surface area contributed by atoms with Crippen molar-refractivity contribution in [3.05, 3.63) is 35.4 Å². The van der Waals surface area contributed by atoms with Gasteiger partial charge in [-0.05, 0) is 43.9 Å². The minimum absolute atomic E-state index is 0.368. The zero-order valence-electron chi connectivity index (χ0n) is 12.5. The number of rotatable bonds is 6. The van der Waals surface area contributed by atoms with E-state index in [4.69, 9.17) is 4.74 Å². The van der Waals surface area contributed by atoms with Crippen molar-refractivity contribution in [2.75, 3.05) is 26.2 Å². The van der Waals surface area contributed by atoms with E-state index in [-0.39, 0.29) is 0 Å². The lowest BCUT2D eigenvalue weighted by Gasteiger charge is -2.31. The fourth-order valence-corrected chi connectivity index (χ4v) is 2.93. The lowest BCUT2D eigenvalue weighted by atomic mass is 10.0. The van der Waals surface area contributed by atoms with Crippen LogP contribution in [0.25, 0.3) is 0 Å². The topological polar surface area (TPSA) is 24.5 Å². The van der Waals surface area contributed by atoms with Crippen molar-refractivity contribution in [1.29, 1.82) is 0 Å². The maximum absolute atomic E-state index is 5.62. The van der Waals surface area contributed by atoms with Crippen LogP contribution in [-0.2, 0) is 17.7 Å². The molecule has 1 aromatic carbocycles. The van der Waals surface area contributed by atoms with Gasteiger partial charge in [-0.1, -0.05) is 24.3 Å². The van der Waals surface area contributed by atoms with Gasteiger partial charge in [-0.2, -0.15) is 0 Å². The van der Waals surface area contributed by atoms with E-state index in [0.717, 1.165) is 45.2 Å². The molecule has 0 bridgehead atoms. The van der Waals surface area contributed by atoms with Gasteiger partial charge in [0, 0.05) is 25.7 Å². The van der Waals surface area contributed by atoms with Gasteiger partial charge in [-0.15, -0.1) is 0 Å². The first-order valence-electron chi connectivity index (χ1n) is 7.95. The van der Waals surface area contributed by atoms with Gasteiger partial charge in [0.2, 0.25) is 0 Å². The second kappa shape index (κ2) is 6.70. The highest BCUT2D eigenvalue weighted by Gasteiger charge is 2.20. The normalized spacial score (nSPS) is 23.9. The van der Waals surface area contributed by atoms with Crippen LogP contribution in [0, 0.1) is 0 Å². The zero-order valence-corrected chi connectivity index (χ0v) is 12.5. The summed E-state index contributed by atoms with van der Waals surface area (Å²) in [7, 11) is 0. The molecule has 1 aliphatic carbocycles. The van der Waals surface area contributed by atoms with Crippen LogP contribution >= 0.6 is 0 Å². The molecule has 1 N–H and O–H groups in total. The number of morpholine rings is 1. The number of nitrogens with zero attached hydrogens (tertiary/aromatic N) is 1. The van der Waals surface area contributed by atoms with Crippen LogP contribution in [0.4, 0.5) is 0 Å². The summed E-state index contributed by atoms with van der Waals surface area (Å²) in [5.41, 5.74) is 2.99. The predicted molar refractivity (Wildman–Crippen MR) is 81.9 cm³/mol. The first kappa shape index (κ1) is 14.1. The second-order valence-corrected chi connectivity index (χ2v) is 6.16. The van der Waals surface area contributed by atoms with Crippen LogP contribution in [0.3, 0.4) is 0 Å². The Morgan fingerprint density at radius 1 is 1.25 bits per heavy atom. The van der Waals surface area contributed by atoms with Crippen molar-refractivity contribution in [2.24, 2.45) is 0 Å². The quantitative estimate of drug-likeness (QED) is 0.861. The van der Waals surface area contributed by atoms with Crippen LogP contribution < -0.4 is 5.32 Å². The lowest BCUT2D eigenvalue weighted by molar-refractivity contribution is -0.0212. The molecular weight excluding hydrogens is 248 g/mol. The van der Waals surface area contributed by atoms with E-state index in [1.165, 1.54) is 24.0 Å². The summed E-state index contributed by atoms with van der Waals surface area (Å²) in [5, 5.41) is 3.61. The van der Waals surface area contributed by atoms with Gasteiger partial charge in [-0.3, -0.25) is 4.90 Å². The van der Waals surface area contributed by atoms with E-state index < -0.39 is 0 Å². The lowest BCUT2D eigenvalue weighted by Crippen LogP contribution is -2.40. The molecule has 3 heteroatoms. The molecule has 1 saturated heterocycles. The van der Waals surface area contributed by atoms with E-state index >= 15 is 0 Å². The Morgan fingerprint density at radius 3 is 2.80 bits per heavy atom. The Morgan fingerprint density at radius 2 is 2.05 bits per heavy atom. The van der Waals surface area contributed by atoms with Crippen molar-refractivity contribution >= 4 is 0 Å². The highest BCUT2D eigenvalue weighted by molar-refractivity contribution is 5.27. The van der Waals surface area contributed by atoms with Crippen LogP contribution in [0.5, 0.6) is 0 Å². The fraction of sp³-hybridized carbons (Fsp3) is 0.647. The zero-order chi connectivity index (χ0) is 13.8. The molecule has 0 amide bonds. The molecule has 1 aromatic rings. The molecule has 1 unspecified atom stereocenters. The monoisotopic (exact) mass is 274 g/mol. The van der Waals surface area contributed by atoms with Gasteiger partial charge in [0.25, 0.3) is 0 Å². The van der Waals surface area contributed by atoms with E-state index in [9.17, 15) is 0 Å². The van der Waals surface area contributed by atoms with Crippen molar-refractivity contribution in [2.45, 2.75) is 44.9 Å². The summed E-state index contributed by atoms with van der Waals surface area (Å²) in [6.45, 7) is 7.31. The Labute approximate surface area is 122 Å². The molecule has 0 aromatic heterocycles. The van der Waals surface area contributed by atoms with Gasteiger partial charge in [-0.25, -0.2) is 0 Å². The smallest absolute Gasteiger partial charge is 0.0674 e. The van der Waals surface area contributed by atoms with Crippen molar-refractivity contribution < 1.29 is 4.74 Å². The number of hydrogen-bond acceptors (Lipinski definition) is 3. The van der Waals surface area contributed by atoms with Crippen LogP contribution in [-0.4, -0.2) is 43.3 Å². The van der Waals surface area contributed by atoms with E-state index in [2.05, 4.69) is 41.4 Å². The summed E-state index contributed by atoms with van der Waals surface area (Å²) in [4.78, 5) is 2.52. The van der Waals surface area contributed by atoms with Crippen LogP contribution in [0.2, 0.25) is 0 Å². The Hall–Kier alpha value is -0.900. The number of benzene rings is 1. The molecule has 1 heterocycles. The minimum atomic E-state index is 0.368. The largest absolute Gasteiger partial charge is 0.376 e. The van der Waals surface area contributed by atoms with Crippen molar-refractivity contribution in [1.82, 2.24) is 10.2 Å². The summed E-state index contributed by atoms with van der Waals surface area (Å²) in [6.07, 6.45) is 4.25. The number of nitrogens with one attached hydrogen (secondary N) is 1. The van der Waals surface area contributed by atoms with Crippen molar-refractivity contribution in [3.63, 3.8) is 0 Å². The molecule has 0 radical (unpaired) electrons. The Balaban J connectivity index is 1.56. The second-order valence-electron chi connectivity index (χ2n) is 6.16. The third-order valence-corrected chi connectivity index (χ3v) is 4.24. The molecule has 20 heavy (non-hydrogen) atoms. The molecule has 1 saturated carbocycles. The van der Waals surface area contributed by atoms with Gasteiger partial charge in [0.1, 0.15) is 0 Å². The Bertz CT molecular complexity index is 431. The first-order valence-corrected chi connectivity index (χ1v) is 7.95. The first-order chi connectivity index (χ1) is 9.81. The molecule has 0 spiro atoms. The number of ether oxygens (including phenoxy) is 1. The maximum atomic E-state index is 5.62. The fourth-order valence-electron chi connectivity index (χ4n) is 2.93. The van der Waals surface area contributed by atoms with Crippen molar-refractivity contribution in [3.8, 4) is 0 Å². The van der Waals surface area contributed by atoms with Gasteiger partial charge in [0.15, 0.2) is 0 Å². The van der Waals surface area contributed by atoms with E-state index in [1.54, 1.807) is 0 Å². The highest BCUT2D eigenvalue weighted by Crippen LogP contribution is 2.19. The minimum Gasteiger partial charge on any atom is -0.376 e. The molecule has 1 atom stereocenters. The van der Waals surface area contributed by atoms with Crippen LogP contribution in [0.1, 0.15) is 30.9 Å². The van der Waals surface area contributed by atoms with Crippen LogP contribution in [0.15, 0.2) is 24.3 Å². The third kappa shape index (κ3) is 4.05. The molecular formula is C17H26N2O. The molecule has 3 rings (SSSR count). The van der Waals surface area contributed by atoms with Gasteiger partial charge < -0.3 is 10.1 Å². The molecule has 2 fully saturated rings. The molecule has 110 valence electrons. The molecule has 1 aliphatic heterocycles. The summed E-state index contributed by atoms with van der Waals surface area (Å²) < 4.78 is 5.62. The predicted octanol–water partition coefficient (Wildman–Crippen LogP) is 2.20. The molecule has 2 aliphatic rings. The molecule has 3 nitrogen and oxygen atoms in total. The average Bonchev–Trinajstić information content (AvgIpc) is 3.25. The third-order valence-electron chi connectivity index (χ3n) is 4.24. The average molecular weight is 274 g/mol. The van der Waals surface area contributed by atoms with E-state index in [1.807, 2.05) is 0 Å². The number of hydrogen-bond donors (Lipinski definition) is 1. The van der Waals surface area contributed by atoms with Gasteiger partial charge in [0.05, 0.1) is 12.7 Å². The van der Waals surface area contributed by atoms with Gasteiger partial charge >= 0.3 is 0 Å². The standard InChI is InChI=1S/C17H26N2O/c1-14-12-19(10-11-20-14)13-16-5-3-2-4-15(16)8-9-18-17-6-7-17/h2-5,14,17-18H,6-13H2,1H3. The summed E-state index contributed by atoms with van der Waals surface area (Å²) in [5.74, 6) is 0.